The highest BCUT2D eigenvalue weighted by molar-refractivity contribution is 5.88. The number of fused-ring (bicyclic) bond motifs is 1. The zero-order valence-electron chi connectivity index (χ0n) is 17.9. The smallest absolute Gasteiger partial charge is 0.228 e. The molecule has 1 aromatic carbocycles. The van der Waals surface area contributed by atoms with Crippen molar-refractivity contribution >= 4 is 17.1 Å². The first kappa shape index (κ1) is 20.4. The number of ether oxygens (including phenoxy) is 1. The van der Waals surface area contributed by atoms with E-state index in [0.29, 0.717) is 42.5 Å². The second-order valence-corrected chi connectivity index (χ2v) is 7.82. The molecule has 1 atom stereocenters. The molecule has 10 heteroatoms. The fraction of sp³-hybridized carbons (Fsp3) is 0.318. The van der Waals surface area contributed by atoms with E-state index in [0.717, 1.165) is 17.3 Å². The molecule has 1 aliphatic rings. The number of morpholine rings is 1. The number of halogens is 2. The van der Waals surface area contributed by atoms with Crippen molar-refractivity contribution in [3.05, 3.63) is 59.2 Å². The molecule has 0 saturated carbocycles. The largest absolute Gasteiger partial charge is 0.370 e. The minimum absolute atomic E-state index is 0.148. The second kappa shape index (κ2) is 7.86. The predicted octanol–water partition coefficient (Wildman–Crippen LogP) is 3.29. The molecule has 8 nitrogen and oxygen atoms in total. The van der Waals surface area contributed by atoms with Crippen LogP contribution in [0.25, 0.3) is 22.4 Å². The fourth-order valence-electron chi connectivity index (χ4n) is 3.75. The molecule has 0 aliphatic carbocycles. The van der Waals surface area contributed by atoms with Crippen molar-refractivity contribution in [2.45, 2.75) is 20.0 Å². The molecule has 1 fully saturated rings. The molecular weight excluding hydrogens is 416 g/mol. The van der Waals surface area contributed by atoms with Gasteiger partial charge in [0.2, 0.25) is 5.95 Å². The van der Waals surface area contributed by atoms with E-state index >= 15 is 0 Å². The molecule has 4 heterocycles. The number of aromatic nitrogens is 6. The maximum Gasteiger partial charge on any atom is 0.228 e. The van der Waals surface area contributed by atoms with Gasteiger partial charge >= 0.3 is 0 Å². The zero-order chi connectivity index (χ0) is 22.4. The molecule has 3 aromatic heterocycles. The average molecular weight is 437 g/mol. The summed E-state index contributed by atoms with van der Waals surface area (Å²) >= 11 is 0. The van der Waals surface area contributed by atoms with Crippen LogP contribution in [0.4, 0.5) is 14.7 Å². The maximum atomic E-state index is 14.7. The summed E-state index contributed by atoms with van der Waals surface area (Å²) in [5.74, 6) is -0.979. The van der Waals surface area contributed by atoms with Crippen molar-refractivity contribution in [2.75, 3.05) is 24.6 Å². The van der Waals surface area contributed by atoms with Crippen molar-refractivity contribution in [1.82, 2.24) is 29.7 Å². The third kappa shape index (κ3) is 3.66. The first-order valence-electron chi connectivity index (χ1n) is 10.2. The van der Waals surface area contributed by atoms with Crippen LogP contribution in [0.5, 0.6) is 0 Å². The first-order valence-corrected chi connectivity index (χ1v) is 10.2. The van der Waals surface area contributed by atoms with Crippen LogP contribution in [0.3, 0.4) is 0 Å². The van der Waals surface area contributed by atoms with Gasteiger partial charge in [-0.2, -0.15) is 10.1 Å². The Balaban J connectivity index is 1.62. The molecule has 0 N–H and O–H groups in total. The second-order valence-electron chi connectivity index (χ2n) is 7.82. The summed E-state index contributed by atoms with van der Waals surface area (Å²) in [6, 6.07) is 3.41. The summed E-state index contributed by atoms with van der Waals surface area (Å²) in [7, 11) is 1.85. The van der Waals surface area contributed by atoms with Crippen LogP contribution in [0, 0.1) is 25.5 Å². The quantitative estimate of drug-likeness (QED) is 0.486. The lowest BCUT2D eigenvalue weighted by molar-refractivity contribution is 0.0392. The topological polar surface area (TPSA) is 81.9 Å². The lowest BCUT2D eigenvalue weighted by Gasteiger charge is -2.32. The Morgan fingerprint density at radius 2 is 1.88 bits per heavy atom. The van der Waals surface area contributed by atoms with Gasteiger partial charge in [-0.05, 0) is 26.0 Å². The lowest BCUT2D eigenvalue weighted by Crippen LogP contribution is -2.39. The van der Waals surface area contributed by atoms with E-state index < -0.39 is 11.6 Å². The van der Waals surface area contributed by atoms with Gasteiger partial charge in [-0.25, -0.2) is 23.7 Å². The van der Waals surface area contributed by atoms with Crippen molar-refractivity contribution in [3.8, 4) is 11.3 Å². The Labute approximate surface area is 182 Å². The summed E-state index contributed by atoms with van der Waals surface area (Å²) in [4.78, 5) is 20.4. The predicted molar refractivity (Wildman–Crippen MR) is 114 cm³/mol. The Morgan fingerprint density at radius 3 is 2.62 bits per heavy atom. The minimum Gasteiger partial charge on any atom is -0.370 e. The number of hydrogen-bond donors (Lipinski definition) is 0. The molecule has 32 heavy (non-hydrogen) atoms. The molecule has 1 unspecified atom stereocenters. The molecule has 5 rings (SSSR count). The van der Waals surface area contributed by atoms with E-state index in [2.05, 4.69) is 25.0 Å². The number of rotatable bonds is 3. The Morgan fingerprint density at radius 1 is 1.06 bits per heavy atom. The van der Waals surface area contributed by atoms with Gasteiger partial charge in [0.05, 0.1) is 30.7 Å². The van der Waals surface area contributed by atoms with Gasteiger partial charge in [0.25, 0.3) is 0 Å². The third-order valence-electron chi connectivity index (χ3n) is 5.56. The summed E-state index contributed by atoms with van der Waals surface area (Å²) in [6.07, 6.45) is 3.48. The summed E-state index contributed by atoms with van der Waals surface area (Å²) < 4.78 is 35.9. The van der Waals surface area contributed by atoms with Crippen molar-refractivity contribution in [2.24, 2.45) is 7.05 Å². The molecular formula is C22H21F2N7O. The van der Waals surface area contributed by atoms with E-state index in [9.17, 15) is 8.78 Å². The monoisotopic (exact) mass is 437 g/mol. The average Bonchev–Trinajstić information content (AvgIpc) is 3.21. The Kier molecular flexibility index (Phi) is 5.01. The lowest BCUT2D eigenvalue weighted by atomic mass is 10.1. The van der Waals surface area contributed by atoms with Crippen LogP contribution < -0.4 is 4.90 Å². The SMILES string of the molecule is Cc1nc2nc(N3CCOC(c4cnn(C)c4)C3)nc(-c3ccc(F)cc3F)c2nc1C. The number of anilines is 1. The summed E-state index contributed by atoms with van der Waals surface area (Å²) in [6.45, 7) is 5.20. The van der Waals surface area contributed by atoms with Crippen molar-refractivity contribution < 1.29 is 13.5 Å². The number of benzene rings is 1. The molecule has 1 saturated heterocycles. The number of nitrogens with zero attached hydrogens (tertiary/aromatic N) is 7. The van der Waals surface area contributed by atoms with E-state index in [1.165, 1.54) is 12.1 Å². The van der Waals surface area contributed by atoms with Gasteiger partial charge in [0.15, 0.2) is 5.65 Å². The highest BCUT2D eigenvalue weighted by atomic mass is 19.1. The molecule has 1 aliphatic heterocycles. The van der Waals surface area contributed by atoms with Gasteiger partial charge in [0.1, 0.15) is 28.9 Å². The fourth-order valence-corrected chi connectivity index (χ4v) is 3.75. The van der Waals surface area contributed by atoms with Gasteiger partial charge in [-0.15, -0.1) is 0 Å². The summed E-state index contributed by atoms with van der Waals surface area (Å²) in [5, 5.41) is 4.22. The highest BCUT2D eigenvalue weighted by Gasteiger charge is 2.27. The maximum absolute atomic E-state index is 14.7. The first-order chi connectivity index (χ1) is 15.4. The van der Waals surface area contributed by atoms with Crippen LogP contribution in [-0.4, -0.2) is 49.4 Å². The third-order valence-corrected chi connectivity index (χ3v) is 5.56. The molecule has 0 radical (unpaired) electrons. The van der Waals surface area contributed by atoms with Gasteiger partial charge < -0.3 is 9.64 Å². The van der Waals surface area contributed by atoms with Gasteiger partial charge in [-0.3, -0.25) is 4.68 Å². The standard InChI is InChI=1S/C22H21F2N7O/c1-12-13(2)27-21-20(26-12)19(16-5-4-15(23)8-17(16)24)28-22(29-21)31-6-7-32-18(11-31)14-9-25-30(3)10-14/h4-5,8-10,18H,6-7,11H2,1-3H3. The Bertz CT molecular complexity index is 1320. The van der Waals surface area contributed by atoms with E-state index in [4.69, 9.17) is 4.74 Å². The molecule has 0 amide bonds. The Hall–Kier alpha value is -3.53. The minimum atomic E-state index is -0.716. The van der Waals surface area contributed by atoms with Crippen LogP contribution in [-0.2, 0) is 11.8 Å². The molecule has 0 spiro atoms. The van der Waals surface area contributed by atoms with E-state index in [-0.39, 0.29) is 17.4 Å². The van der Waals surface area contributed by atoms with Crippen LogP contribution in [0.15, 0.2) is 30.6 Å². The number of aryl methyl sites for hydroxylation is 3. The zero-order valence-corrected chi connectivity index (χ0v) is 17.9. The van der Waals surface area contributed by atoms with Crippen LogP contribution in [0.2, 0.25) is 0 Å². The van der Waals surface area contributed by atoms with E-state index in [1.807, 2.05) is 32.0 Å². The van der Waals surface area contributed by atoms with Crippen LogP contribution in [0.1, 0.15) is 23.1 Å². The molecule has 0 bridgehead atoms. The van der Waals surface area contributed by atoms with Crippen LogP contribution >= 0.6 is 0 Å². The van der Waals surface area contributed by atoms with Crippen molar-refractivity contribution in [3.63, 3.8) is 0 Å². The molecule has 4 aromatic rings. The molecule has 164 valence electrons. The highest BCUT2D eigenvalue weighted by Crippen LogP contribution is 2.31. The van der Waals surface area contributed by atoms with Gasteiger partial charge in [-0.1, -0.05) is 0 Å². The number of hydrogen-bond acceptors (Lipinski definition) is 7. The normalized spacial score (nSPS) is 16.7. The van der Waals surface area contributed by atoms with E-state index in [1.54, 1.807) is 10.9 Å². The van der Waals surface area contributed by atoms with Gasteiger partial charge in [0, 0.05) is 37.0 Å². The van der Waals surface area contributed by atoms with Crippen molar-refractivity contribution in [1.29, 1.82) is 0 Å². The summed E-state index contributed by atoms with van der Waals surface area (Å²) in [5.41, 5.74) is 3.54.